The highest BCUT2D eigenvalue weighted by atomic mass is 32.2. The third kappa shape index (κ3) is 3.34. The third-order valence-electron chi connectivity index (χ3n) is 2.46. The quantitative estimate of drug-likeness (QED) is 0.788. The average molecular weight is 265 g/mol. The Morgan fingerprint density at radius 2 is 2.33 bits per heavy atom. The van der Waals surface area contributed by atoms with Gasteiger partial charge in [0.05, 0.1) is 4.90 Å². The first-order valence-corrected chi connectivity index (χ1v) is 6.78. The molecule has 0 unspecified atom stereocenters. The van der Waals surface area contributed by atoms with Crippen LogP contribution in [-0.2, 0) is 6.54 Å². The molecule has 1 aromatic carbocycles. The van der Waals surface area contributed by atoms with Gasteiger partial charge in [-0.05, 0) is 36.4 Å². The van der Waals surface area contributed by atoms with Crippen molar-refractivity contribution in [2.75, 3.05) is 6.54 Å². The maximum absolute atomic E-state index is 13.9. The molecule has 0 aliphatic rings. The molecule has 2 rings (SSSR count). The minimum absolute atomic E-state index is 0.202. The van der Waals surface area contributed by atoms with Crippen LogP contribution in [0, 0.1) is 5.82 Å². The molecule has 0 saturated heterocycles. The van der Waals surface area contributed by atoms with Crippen LogP contribution in [0.3, 0.4) is 0 Å². The summed E-state index contributed by atoms with van der Waals surface area (Å²) in [5, 5.41) is 3.99. The lowest BCUT2D eigenvalue weighted by Gasteiger charge is -2.09. The molecular weight excluding hydrogens is 249 g/mol. The van der Waals surface area contributed by atoms with Crippen LogP contribution >= 0.6 is 11.8 Å². The molecule has 96 valence electrons. The minimum atomic E-state index is -0.202. The van der Waals surface area contributed by atoms with Crippen LogP contribution in [0.4, 0.5) is 4.39 Å². The zero-order valence-corrected chi connectivity index (χ0v) is 11.1. The molecule has 1 aromatic heterocycles. The molecule has 0 amide bonds. The summed E-state index contributed by atoms with van der Waals surface area (Å²) in [6, 6.07) is 5.16. The van der Waals surface area contributed by atoms with Gasteiger partial charge in [-0.1, -0.05) is 19.1 Å². The van der Waals surface area contributed by atoms with Crippen LogP contribution in [0.2, 0.25) is 0 Å². The maximum Gasteiger partial charge on any atom is 0.170 e. The second kappa shape index (κ2) is 6.56. The lowest BCUT2D eigenvalue weighted by molar-refractivity contribution is 0.588. The number of imidazole rings is 1. The maximum atomic E-state index is 13.9. The van der Waals surface area contributed by atoms with E-state index in [1.165, 1.54) is 17.8 Å². The Balaban J connectivity index is 2.15. The number of nitrogens with one attached hydrogen (secondary N) is 2. The van der Waals surface area contributed by atoms with Crippen molar-refractivity contribution in [1.82, 2.24) is 15.3 Å². The fourth-order valence-electron chi connectivity index (χ4n) is 1.61. The molecule has 2 aromatic rings. The Labute approximate surface area is 110 Å². The van der Waals surface area contributed by atoms with E-state index in [0.29, 0.717) is 16.6 Å². The van der Waals surface area contributed by atoms with Gasteiger partial charge in [0.2, 0.25) is 0 Å². The van der Waals surface area contributed by atoms with Crippen LogP contribution in [0.1, 0.15) is 18.9 Å². The van der Waals surface area contributed by atoms with E-state index < -0.39 is 0 Å². The molecule has 1 heterocycles. The van der Waals surface area contributed by atoms with Crippen LogP contribution in [0.5, 0.6) is 0 Å². The number of halogens is 1. The van der Waals surface area contributed by atoms with Crippen molar-refractivity contribution in [1.29, 1.82) is 0 Å². The van der Waals surface area contributed by atoms with Gasteiger partial charge >= 0.3 is 0 Å². The van der Waals surface area contributed by atoms with Crippen molar-refractivity contribution in [3.8, 4) is 0 Å². The normalized spacial score (nSPS) is 10.8. The van der Waals surface area contributed by atoms with Gasteiger partial charge in [0.1, 0.15) is 5.82 Å². The third-order valence-corrected chi connectivity index (χ3v) is 3.54. The lowest BCUT2D eigenvalue weighted by atomic mass is 10.2. The van der Waals surface area contributed by atoms with Crippen molar-refractivity contribution >= 4 is 11.8 Å². The fraction of sp³-hybridized carbons (Fsp3) is 0.308. The van der Waals surface area contributed by atoms with Crippen molar-refractivity contribution in [2.45, 2.75) is 29.9 Å². The van der Waals surface area contributed by atoms with Gasteiger partial charge in [-0.15, -0.1) is 0 Å². The highest BCUT2D eigenvalue weighted by Crippen LogP contribution is 2.30. The van der Waals surface area contributed by atoms with Crippen LogP contribution < -0.4 is 5.32 Å². The van der Waals surface area contributed by atoms with Crippen LogP contribution in [-0.4, -0.2) is 16.5 Å². The Kier molecular flexibility index (Phi) is 4.78. The molecule has 2 N–H and O–H groups in total. The zero-order chi connectivity index (χ0) is 12.8. The molecule has 0 atom stereocenters. The Morgan fingerprint density at radius 3 is 3.06 bits per heavy atom. The molecule has 3 nitrogen and oxygen atoms in total. The Morgan fingerprint density at radius 1 is 1.44 bits per heavy atom. The van der Waals surface area contributed by atoms with Gasteiger partial charge in [-0.2, -0.15) is 0 Å². The predicted octanol–water partition coefficient (Wildman–Crippen LogP) is 3.20. The highest BCUT2D eigenvalue weighted by Gasteiger charge is 2.10. The number of hydrogen-bond acceptors (Lipinski definition) is 3. The van der Waals surface area contributed by atoms with E-state index in [4.69, 9.17) is 0 Å². The largest absolute Gasteiger partial charge is 0.339 e. The molecule has 0 fully saturated rings. The van der Waals surface area contributed by atoms with E-state index in [2.05, 4.69) is 22.2 Å². The summed E-state index contributed by atoms with van der Waals surface area (Å²) < 4.78 is 13.9. The average Bonchev–Trinajstić information content (AvgIpc) is 2.86. The summed E-state index contributed by atoms with van der Waals surface area (Å²) in [6.45, 7) is 3.72. The molecule has 18 heavy (non-hydrogen) atoms. The number of nitrogens with zero attached hydrogens (tertiary/aromatic N) is 1. The Bertz CT molecular complexity index is 485. The summed E-state index contributed by atoms with van der Waals surface area (Å²) in [6.07, 6.45) is 4.46. The second-order valence-corrected chi connectivity index (χ2v) is 4.90. The van der Waals surface area contributed by atoms with Gasteiger partial charge in [0.25, 0.3) is 0 Å². The standard InChI is InChI=1S/C13H16FN3S/c1-2-6-15-9-10-4-3-5-11(14)12(10)18-13-16-7-8-17-13/h3-5,7-8,15H,2,6,9H2,1H3,(H,16,17). The van der Waals surface area contributed by atoms with E-state index in [1.807, 2.05) is 6.07 Å². The van der Waals surface area contributed by atoms with Crippen molar-refractivity contribution in [2.24, 2.45) is 0 Å². The molecule has 0 spiro atoms. The van der Waals surface area contributed by atoms with E-state index in [1.54, 1.807) is 18.5 Å². The number of hydrogen-bond donors (Lipinski definition) is 2. The van der Waals surface area contributed by atoms with Gasteiger partial charge in [0, 0.05) is 18.9 Å². The van der Waals surface area contributed by atoms with Gasteiger partial charge < -0.3 is 10.3 Å². The molecule has 0 radical (unpaired) electrons. The molecule has 5 heteroatoms. The summed E-state index contributed by atoms with van der Waals surface area (Å²) in [5.41, 5.74) is 0.963. The van der Waals surface area contributed by atoms with E-state index in [-0.39, 0.29) is 5.82 Å². The van der Waals surface area contributed by atoms with Gasteiger partial charge in [0.15, 0.2) is 5.16 Å². The lowest BCUT2D eigenvalue weighted by Crippen LogP contribution is -2.14. The van der Waals surface area contributed by atoms with Gasteiger partial charge in [-0.3, -0.25) is 0 Å². The van der Waals surface area contributed by atoms with E-state index >= 15 is 0 Å². The number of H-pyrrole nitrogens is 1. The topological polar surface area (TPSA) is 40.7 Å². The molecule has 0 saturated carbocycles. The first-order valence-electron chi connectivity index (χ1n) is 5.96. The summed E-state index contributed by atoms with van der Waals surface area (Å²) in [7, 11) is 0. The van der Waals surface area contributed by atoms with Crippen molar-refractivity contribution in [3.05, 3.63) is 42.0 Å². The monoisotopic (exact) mass is 265 g/mol. The zero-order valence-electron chi connectivity index (χ0n) is 10.2. The second-order valence-electron chi connectivity index (χ2n) is 3.90. The molecule has 0 aliphatic carbocycles. The number of rotatable bonds is 6. The first-order chi connectivity index (χ1) is 8.81. The number of benzene rings is 1. The summed E-state index contributed by atoms with van der Waals surface area (Å²) in [5.74, 6) is -0.202. The van der Waals surface area contributed by atoms with E-state index in [9.17, 15) is 4.39 Å². The molecular formula is C13H16FN3S. The summed E-state index contributed by atoms with van der Waals surface area (Å²) >= 11 is 1.32. The minimum Gasteiger partial charge on any atom is -0.339 e. The fourth-order valence-corrected chi connectivity index (χ4v) is 2.48. The summed E-state index contributed by atoms with van der Waals surface area (Å²) in [4.78, 5) is 7.72. The van der Waals surface area contributed by atoms with Gasteiger partial charge in [-0.25, -0.2) is 9.37 Å². The van der Waals surface area contributed by atoms with Crippen molar-refractivity contribution in [3.63, 3.8) is 0 Å². The number of aromatic nitrogens is 2. The highest BCUT2D eigenvalue weighted by molar-refractivity contribution is 7.99. The predicted molar refractivity (Wildman–Crippen MR) is 71.1 cm³/mol. The SMILES string of the molecule is CCCNCc1cccc(F)c1Sc1ncc[nH]1. The molecule has 0 bridgehead atoms. The first kappa shape index (κ1) is 13.1. The van der Waals surface area contributed by atoms with E-state index in [0.717, 1.165) is 18.5 Å². The Hall–Kier alpha value is -1.33. The smallest absolute Gasteiger partial charge is 0.170 e. The van der Waals surface area contributed by atoms with Crippen LogP contribution in [0.25, 0.3) is 0 Å². The van der Waals surface area contributed by atoms with Crippen molar-refractivity contribution < 1.29 is 4.39 Å². The number of aromatic amines is 1. The van der Waals surface area contributed by atoms with Crippen LogP contribution in [0.15, 0.2) is 40.6 Å². The molecule has 0 aliphatic heterocycles.